The SMILES string of the molecule is CCCCN(CCNC)CCNC.CNC12CC3(NC)CC(NC)(C1)CC(NC)(C2)C3.CNC1CC(NC)CC(NC)C1.CNC1CCN(c2nc(N3CCC(NC)CC3)nc(N3CCC(NC)CC3)n2)CC1.CNCC(CNC)(CNC)CNC.CNCC(CNC)CNC. The summed E-state index contributed by atoms with van der Waals surface area (Å²) in [6, 6.07) is 3.82. The zero-order valence-electron chi connectivity index (χ0n) is 65.4. The van der Waals surface area contributed by atoms with Gasteiger partial charge in [0, 0.05) is 175 Å². The molecule has 0 radical (unpaired) electrons. The van der Waals surface area contributed by atoms with Gasteiger partial charge in [-0.1, -0.05) is 13.3 Å². The number of nitrogens with zero attached hydrogens (tertiary/aromatic N) is 7. The van der Waals surface area contributed by atoms with Crippen molar-refractivity contribution in [3.05, 3.63) is 0 Å². The number of aromatic nitrogens is 3. The third kappa shape index (κ3) is 29.2. The summed E-state index contributed by atoms with van der Waals surface area (Å²) in [4.78, 5) is 24.4. The molecule has 5 saturated carbocycles. The molecule has 19 N–H and O–H groups in total. The lowest BCUT2D eigenvalue weighted by Gasteiger charge is -2.70. The predicted molar refractivity (Wildman–Crippen MR) is 413 cm³/mol. The molecule has 96 heavy (non-hydrogen) atoms. The number of hydrogen-bond donors (Lipinski definition) is 19. The molecule has 0 unspecified atom stereocenters. The second kappa shape index (κ2) is 48.5. The monoisotopic (exact) mass is 1360 g/mol. The molecule has 0 amide bonds. The Kier molecular flexibility index (Phi) is 44.4. The van der Waals surface area contributed by atoms with Gasteiger partial charge in [-0.15, -0.1) is 0 Å². The van der Waals surface area contributed by atoms with E-state index in [1.54, 1.807) is 0 Å². The summed E-state index contributed by atoms with van der Waals surface area (Å²) in [6.45, 7) is 21.2. The Balaban J connectivity index is 0.000000317. The van der Waals surface area contributed by atoms with Crippen LogP contribution in [0.4, 0.5) is 17.8 Å². The molecule has 9 rings (SSSR count). The summed E-state index contributed by atoms with van der Waals surface area (Å²) >= 11 is 0. The minimum atomic E-state index is 0.257. The van der Waals surface area contributed by atoms with Crippen molar-refractivity contribution in [1.82, 2.24) is 121 Å². The third-order valence-electron chi connectivity index (χ3n) is 22.1. The minimum Gasteiger partial charge on any atom is -0.341 e. The van der Waals surface area contributed by atoms with Gasteiger partial charge in [0.15, 0.2) is 0 Å². The summed E-state index contributed by atoms with van der Waals surface area (Å²) in [5, 5.41) is 63.8. The van der Waals surface area contributed by atoms with E-state index in [9.17, 15) is 0 Å². The highest BCUT2D eigenvalue weighted by molar-refractivity contribution is 5.47. The number of piperidine rings is 3. The minimum absolute atomic E-state index is 0.257. The predicted octanol–water partition coefficient (Wildman–Crippen LogP) is -0.790. The number of unbranched alkanes of at least 4 members (excludes halogenated alkanes) is 1. The molecule has 4 bridgehead atoms. The van der Waals surface area contributed by atoms with Crippen LogP contribution in [0.2, 0.25) is 0 Å². The third-order valence-corrected chi connectivity index (χ3v) is 22.1. The first-order valence-electron chi connectivity index (χ1n) is 37.8. The fraction of sp³-hybridized carbons (Fsp3) is 0.957. The summed E-state index contributed by atoms with van der Waals surface area (Å²) in [5.74, 6) is 3.27. The van der Waals surface area contributed by atoms with Crippen molar-refractivity contribution in [2.24, 2.45) is 11.3 Å². The highest BCUT2D eigenvalue weighted by Crippen LogP contribution is 2.60. The second-order valence-corrected chi connectivity index (χ2v) is 29.3. The molecular formula is C70H156N26. The van der Waals surface area contributed by atoms with Gasteiger partial charge >= 0.3 is 0 Å². The van der Waals surface area contributed by atoms with Crippen LogP contribution in [0.5, 0.6) is 0 Å². The van der Waals surface area contributed by atoms with Crippen LogP contribution in [0, 0.1) is 11.3 Å². The largest absolute Gasteiger partial charge is 0.341 e. The van der Waals surface area contributed by atoms with Gasteiger partial charge in [-0.3, -0.25) is 0 Å². The molecule has 3 saturated heterocycles. The molecule has 1 aromatic rings. The van der Waals surface area contributed by atoms with E-state index in [0.717, 1.165) is 168 Å². The van der Waals surface area contributed by atoms with E-state index in [1.165, 1.54) is 77.2 Å². The molecule has 0 aromatic carbocycles. The van der Waals surface area contributed by atoms with Crippen molar-refractivity contribution < 1.29 is 0 Å². The standard InChI is InChI=1S/C21H39N9.C14H28N4.C10H25N3.C9H24N4.C9H21N3.C7H19N3/c1-22-16-4-10-28(11-5-16)19-25-20(29-12-6-17(23-2)7-13-29)27-21(26-19)30-14-8-18(24-3)9-15-30;1-15-11-5-12(16-2)8-13(6-11,17-3)10-14(7-11,9-12)18-4;1-4-5-8-13(9-6-11-2)10-7-12-3;1-10-5-9(6-11-2,7-12-3)8-13-4;1-10-7-4-8(11-2)6-9(5-7)12-3;1-8-4-7(5-9-2)6-10-3/h16-18,22-24H,4-15H2,1-3H3;15-18H,5-10H2,1-4H3;11-12H,4-10H2,1-3H3;10-13H,5-8H2,1-4H3;7-12H,4-6H2,1-3H3;7-10H,4-6H2,1-3H3. The van der Waals surface area contributed by atoms with E-state index < -0.39 is 0 Å². The summed E-state index contributed by atoms with van der Waals surface area (Å²) in [6.07, 6.45) is 20.7. The first kappa shape index (κ1) is 87.8. The first-order valence-corrected chi connectivity index (χ1v) is 37.8. The van der Waals surface area contributed by atoms with E-state index >= 15 is 0 Å². The number of likely N-dealkylation sites (N-methyl/N-ethyl adjacent to an activating group) is 2. The molecule has 4 heterocycles. The van der Waals surface area contributed by atoms with Gasteiger partial charge in [0.05, 0.1) is 0 Å². The molecular weight excluding hydrogens is 1200 g/mol. The number of nitrogens with one attached hydrogen (secondary N) is 19. The maximum atomic E-state index is 4.96. The van der Waals surface area contributed by atoms with E-state index in [1.807, 2.05) is 63.4 Å². The van der Waals surface area contributed by atoms with Crippen LogP contribution in [0.3, 0.4) is 0 Å². The van der Waals surface area contributed by atoms with Crippen LogP contribution in [0.25, 0.3) is 0 Å². The highest BCUT2D eigenvalue weighted by Gasteiger charge is 2.67. The Morgan fingerprint density at radius 1 is 0.365 bits per heavy atom. The fourth-order valence-electron chi connectivity index (χ4n) is 16.8. The fourth-order valence-corrected chi connectivity index (χ4v) is 16.8. The Morgan fingerprint density at radius 2 is 0.625 bits per heavy atom. The van der Waals surface area contributed by atoms with Gasteiger partial charge in [0.2, 0.25) is 17.8 Å². The molecule has 566 valence electrons. The van der Waals surface area contributed by atoms with Gasteiger partial charge in [-0.05, 0) is 249 Å². The van der Waals surface area contributed by atoms with Crippen molar-refractivity contribution in [2.45, 2.75) is 174 Å². The van der Waals surface area contributed by atoms with Crippen molar-refractivity contribution in [3.63, 3.8) is 0 Å². The zero-order valence-corrected chi connectivity index (χ0v) is 65.4. The molecule has 26 heteroatoms. The van der Waals surface area contributed by atoms with E-state index in [2.05, 4.69) is 198 Å². The molecule has 3 aliphatic heterocycles. The molecule has 5 aliphatic carbocycles. The number of anilines is 3. The summed E-state index contributed by atoms with van der Waals surface area (Å²) in [7, 11) is 38.9. The van der Waals surface area contributed by atoms with Crippen LogP contribution in [0.15, 0.2) is 0 Å². The quantitative estimate of drug-likeness (QED) is 0.0392. The van der Waals surface area contributed by atoms with E-state index in [-0.39, 0.29) is 5.41 Å². The van der Waals surface area contributed by atoms with Crippen molar-refractivity contribution in [3.8, 4) is 0 Å². The maximum absolute atomic E-state index is 4.96. The van der Waals surface area contributed by atoms with E-state index in [0.29, 0.717) is 64.3 Å². The average molecular weight is 1360 g/mol. The topological polar surface area (TPSA) is 280 Å². The van der Waals surface area contributed by atoms with Gasteiger partial charge in [-0.25, -0.2) is 0 Å². The molecule has 1 aromatic heterocycles. The van der Waals surface area contributed by atoms with Crippen molar-refractivity contribution in [1.29, 1.82) is 0 Å². The normalized spacial score (nSPS) is 26.1. The van der Waals surface area contributed by atoms with Crippen LogP contribution in [-0.2, 0) is 0 Å². The molecule has 8 fully saturated rings. The zero-order chi connectivity index (χ0) is 70.9. The summed E-state index contributed by atoms with van der Waals surface area (Å²) in [5.41, 5.74) is 1.44. The van der Waals surface area contributed by atoms with Gasteiger partial charge in [-0.2, -0.15) is 15.0 Å². The molecule has 0 atom stereocenters. The Hall–Kier alpha value is -2.39. The first-order chi connectivity index (χ1) is 46.4. The Labute approximate surface area is 588 Å². The van der Waals surface area contributed by atoms with Crippen LogP contribution in [-0.4, -0.2) is 330 Å². The molecule has 8 aliphatic rings. The number of hydrogen-bond acceptors (Lipinski definition) is 26. The van der Waals surface area contributed by atoms with Gasteiger partial charge in [0.25, 0.3) is 0 Å². The van der Waals surface area contributed by atoms with Crippen molar-refractivity contribution >= 4 is 17.8 Å². The summed E-state index contributed by atoms with van der Waals surface area (Å²) < 4.78 is 0. The smallest absolute Gasteiger partial charge is 0.231 e. The highest BCUT2D eigenvalue weighted by atomic mass is 15.4. The average Bonchev–Trinajstić information content (AvgIpc) is 0.691. The number of rotatable bonds is 36. The molecule has 0 spiro atoms. The van der Waals surface area contributed by atoms with E-state index in [4.69, 9.17) is 15.0 Å². The van der Waals surface area contributed by atoms with Gasteiger partial charge in [0.1, 0.15) is 0 Å². The van der Waals surface area contributed by atoms with Crippen LogP contribution in [0.1, 0.15) is 116 Å². The van der Waals surface area contributed by atoms with Crippen molar-refractivity contribution in [2.75, 3.05) is 266 Å². The van der Waals surface area contributed by atoms with Crippen LogP contribution >= 0.6 is 0 Å². The lowest BCUT2D eigenvalue weighted by Crippen LogP contribution is -2.81. The lowest BCUT2D eigenvalue weighted by molar-refractivity contribution is -0.0952. The van der Waals surface area contributed by atoms with Crippen LogP contribution < -0.4 is 116 Å². The second-order valence-electron chi connectivity index (χ2n) is 29.3. The lowest BCUT2D eigenvalue weighted by atomic mass is 9.44. The van der Waals surface area contributed by atoms with Gasteiger partial charge < -0.3 is 121 Å². The Morgan fingerprint density at radius 3 is 0.823 bits per heavy atom. The Bertz CT molecular complexity index is 1760. The molecule has 26 nitrogen and oxygen atoms in total. The maximum Gasteiger partial charge on any atom is 0.231 e.